The van der Waals surface area contributed by atoms with Crippen molar-refractivity contribution in [2.75, 3.05) is 34.3 Å². The van der Waals surface area contributed by atoms with E-state index in [1.807, 2.05) is 0 Å². The minimum atomic E-state index is 0. The summed E-state index contributed by atoms with van der Waals surface area (Å²) in [6.45, 7) is 1.37. The summed E-state index contributed by atoms with van der Waals surface area (Å²) in [5, 5.41) is 8.42. The first-order valence-corrected chi connectivity index (χ1v) is 2.97. The second-order valence-corrected chi connectivity index (χ2v) is 3.09. The Morgan fingerprint density at radius 3 is 1.78 bits per heavy atom. The fourth-order valence-corrected chi connectivity index (χ4v) is 0.545. The van der Waals surface area contributed by atoms with E-state index < -0.39 is 0 Å². The fraction of sp³-hybridized carbons (Fsp3) is 1.00. The maximum Gasteiger partial charge on any atom is 0.0802 e. The van der Waals surface area contributed by atoms with Gasteiger partial charge in [0.15, 0.2) is 0 Å². The molecule has 0 saturated carbocycles. The van der Waals surface area contributed by atoms with Crippen LogP contribution in [0.5, 0.6) is 0 Å². The second kappa shape index (κ2) is 5.03. The monoisotopic (exact) mass is 154 g/mol. The van der Waals surface area contributed by atoms with Crippen molar-refractivity contribution in [3.8, 4) is 0 Å². The summed E-state index contributed by atoms with van der Waals surface area (Å²) < 4.78 is 0.945. The molecule has 1 N–H and O–H groups in total. The van der Waals surface area contributed by atoms with Gasteiger partial charge in [-0.1, -0.05) is 0 Å². The smallest absolute Gasteiger partial charge is 0.0802 e. The van der Waals surface area contributed by atoms with Crippen LogP contribution in [0.1, 0.15) is 6.42 Å². The van der Waals surface area contributed by atoms with Gasteiger partial charge in [-0.25, -0.2) is 0 Å². The van der Waals surface area contributed by atoms with Crippen molar-refractivity contribution < 1.29 is 9.59 Å². The lowest BCUT2D eigenvalue weighted by Gasteiger charge is -2.22. The highest BCUT2D eigenvalue weighted by Crippen LogP contribution is 1.90. The third-order valence-electron chi connectivity index (χ3n) is 0.987. The molecule has 0 fully saturated rings. The van der Waals surface area contributed by atoms with Gasteiger partial charge in [-0.05, 0) is 0 Å². The van der Waals surface area contributed by atoms with Crippen LogP contribution in [0.15, 0.2) is 0 Å². The normalized spacial score (nSPS) is 10.7. The lowest BCUT2D eigenvalue weighted by molar-refractivity contribution is -0.870. The Morgan fingerprint density at radius 2 is 1.67 bits per heavy atom. The largest absolute Gasteiger partial charge is 0.396 e. The zero-order chi connectivity index (χ0) is 6.62. The summed E-state index contributed by atoms with van der Waals surface area (Å²) in [7, 11) is 6.36. The van der Waals surface area contributed by atoms with Crippen molar-refractivity contribution in [1.29, 1.82) is 0 Å². The molecule has 0 radical (unpaired) electrons. The number of quaternary nitrogens is 1. The molecule has 0 unspecified atom stereocenters. The Hall–Kier alpha value is 0.210. The Kier molecular flexibility index (Phi) is 6.68. The molecule has 0 rings (SSSR count). The lowest BCUT2D eigenvalue weighted by atomic mass is 10.4. The highest BCUT2D eigenvalue weighted by molar-refractivity contribution is 5.85. The molecule has 0 spiro atoms. The third-order valence-corrected chi connectivity index (χ3v) is 0.987. The van der Waals surface area contributed by atoms with Crippen LogP contribution in [-0.4, -0.2) is 43.9 Å². The summed E-state index contributed by atoms with van der Waals surface area (Å²) >= 11 is 0. The molecule has 58 valence electrons. The van der Waals surface area contributed by atoms with Gasteiger partial charge in [-0.3, -0.25) is 0 Å². The molecular formula is C6H17ClNO+. The van der Waals surface area contributed by atoms with E-state index in [9.17, 15) is 0 Å². The van der Waals surface area contributed by atoms with Crippen LogP contribution in [0.4, 0.5) is 0 Å². The van der Waals surface area contributed by atoms with E-state index >= 15 is 0 Å². The second-order valence-electron chi connectivity index (χ2n) is 3.09. The number of nitrogens with zero attached hydrogens (tertiary/aromatic N) is 1. The van der Waals surface area contributed by atoms with Gasteiger partial charge in [0.2, 0.25) is 0 Å². The molecule has 3 heteroatoms. The third kappa shape index (κ3) is 11.7. The Labute approximate surface area is 63.5 Å². The molecule has 0 saturated heterocycles. The van der Waals surface area contributed by atoms with Gasteiger partial charge in [0.05, 0.1) is 27.7 Å². The molecular weight excluding hydrogens is 138 g/mol. The topological polar surface area (TPSA) is 20.2 Å². The van der Waals surface area contributed by atoms with Gasteiger partial charge >= 0.3 is 0 Å². The summed E-state index contributed by atoms with van der Waals surface area (Å²) in [5.74, 6) is 0. The Bertz CT molecular complexity index is 60.6. The average Bonchev–Trinajstić information content (AvgIpc) is 1.59. The zero-order valence-electron chi connectivity index (χ0n) is 6.42. The van der Waals surface area contributed by atoms with Crippen LogP contribution in [0.3, 0.4) is 0 Å². The number of hydrogen-bond donors (Lipinski definition) is 1. The first kappa shape index (κ1) is 11.9. The standard InChI is InChI=1S/C6H16NO.ClH/c1-7(2,3)5-4-6-8;/h8H,4-6H2,1-3H3;1H/q+1;. The molecule has 0 bridgehead atoms. The van der Waals surface area contributed by atoms with Gasteiger partial charge in [0, 0.05) is 13.0 Å². The molecule has 0 aromatic carbocycles. The van der Waals surface area contributed by atoms with Gasteiger partial charge in [-0.15, -0.1) is 12.4 Å². The van der Waals surface area contributed by atoms with Gasteiger partial charge in [0.1, 0.15) is 0 Å². The number of aliphatic hydroxyl groups excluding tert-OH is 1. The van der Waals surface area contributed by atoms with Crippen molar-refractivity contribution >= 4 is 12.4 Å². The van der Waals surface area contributed by atoms with Gasteiger partial charge < -0.3 is 9.59 Å². The molecule has 0 aliphatic heterocycles. The molecule has 0 aliphatic rings. The Morgan fingerprint density at radius 1 is 1.22 bits per heavy atom. The minimum Gasteiger partial charge on any atom is -0.396 e. The fourth-order valence-electron chi connectivity index (χ4n) is 0.545. The number of aliphatic hydroxyl groups is 1. The predicted molar refractivity (Wildman–Crippen MR) is 41.9 cm³/mol. The maximum atomic E-state index is 8.42. The van der Waals surface area contributed by atoms with E-state index in [0.29, 0.717) is 6.61 Å². The highest BCUT2D eigenvalue weighted by atomic mass is 35.5. The van der Waals surface area contributed by atoms with Gasteiger partial charge in [-0.2, -0.15) is 0 Å². The van der Waals surface area contributed by atoms with Crippen LogP contribution in [0, 0.1) is 0 Å². The van der Waals surface area contributed by atoms with E-state index in [0.717, 1.165) is 17.4 Å². The highest BCUT2D eigenvalue weighted by Gasteiger charge is 2.03. The quantitative estimate of drug-likeness (QED) is 0.587. The minimum absolute atomic E-state index is 0. The molecule has 9 heavy (non-hydrogen) atoms. The Balaban J connectivity index is 0. The SMILES string of the molecule is C[N+](C)(C)CCCO.Cl. The van der Waals surface area contributed by atoms with E-state index in [1.165, 1.54) is 0 Å². The van der Waals surface area contributed by atoms with E-state index in [-0.39, 0.29) is 12.4 Å². The van der Waals surface area contributed by atoms with Crippen LogP contribution in [-0.2, 0) is 0 Å². The summed E-state index contributed by atoms with van der Waals surface area (Å²) in [6, 6.07) is 0. The molecule has 2 nitrogen and oxygen atoms in total. The number of hydrogen-bond acceptors (Lipinski definition) is 1. The molecule has 0 atom stereocenters. The number of rotatable bonds is 3. The molecule has 0 aliphatic carbocycles. The molecule has 0 heterocycles. The number of halogens is 1. The van der Waals surface area contributed by atoms with E-state index in [1.54, 1.807) is 0 Å². The molecule has 0 amide bonds. The van der Waals surface area contributed by atoms with Crippen molar-refractivity contribution in [2.24, 2.45) is 0 Å². The van der Waals surface area contributed by atoms with E-state index in [2.05, 4.69) is 21.1 Å². The van der Waals surface area contributed by atoms with Crippen molar-refractivity contribution in [1.82, 2.24) is 0 Å². The van der Waals surface area contributed by atoms with Gasteiger partial charge in [0.25, 0.3) is 0 Å². The summed E-state index contributed by atoms with van der Waals surface area (Å²) in [5.41, 5.74) is 0. The maximum absolute atomic E-state index is 8.42. The van der Waals surface area contributed by atoms with Crippen LogP contribution in [0.2, 0.25) is 0 Å². The lowest BCUT2D eigenvalue weighted by Crippen LogP contribution is -2.35. The summed E-state index contributed by atoms with van der Waals surface area (Å²) in [4.78, 5) is 0. The van der Waals surface area contributed by atoms with Crippen molar-refractivity contribution in [3.63, 3.8) is 0 Å². The first-order valence-electron chi connectivity index (χ1n) is 2.97. The molecule has 0 aromatic heterocycles. The van der Waals surface area contributed by atoms with E-state index in [4.69, 9.17) is 5.11 Å². The van der Waals surface area contributed by atoms with Crippen LogP contribution >= 0.6 is 12.4 Å². The zero-order valence-corrected chi connectivity index (χ0v) is 7.24. The molecule has 0 aromatic rings. The predicted octanol–water partition coefficient (Wildman–Crippen LogP) is 0.497. The van der Waals surface area contributed by atoms with Crippen molar-refractivity contribution in [2.45, 2.75) is 6.42 Å². The van der Waals surface area contributed by atoms with Crippen LogP contribution in [0.25, 0.3) is 0 Å². The van der Waals surface area contributed by atoms with Crippen LogP contribution < -0.4 is 0 Å². The average molecular weight is 155 g/mol. The first-order chi connectivity index (χ1) is 3.56. The van der Waals surface area contributed by atoms with Crippen molar-refractivity contribution in [3.05, 3.63) is 0 Å². The summed E-state index contributed by atoms with van der Waals surface area (Å²) in [6.07, 6.45) is 0.906.